The molecular formula is C34H42F6N8O3. The molecule has 0 spiro atoms. The van der Waals surface area contributed by atoms with E-state index in [9.17, 15) is 31.1 Å². The number of nitrogens with one attached hydrogen (secondary N) is 1. The van der Waals surface area contributed by atoms with Gasteiger partial charge in [0, 0.05) is 73.8 Å². The molecule has 0 saturated carbocycles. The fourth-order valence-corrected chi connectivity index (χ4v) is 7.57. The number of fused-ring (bicyclic) bond motifs is 1. The number of rotatable bonds is 6. The third-order valence-electron chi connectivity index (χ3n) is 10.2. The van der Waals surface area contributed by atoms with Crippen LogP contribution < -0.4 is 16.8 Å². The second-order valence-electron chi connectivity index (χ2n) is 13.8. The van der Waals surface area contributed by atoms with Crippen molar-refractivity contribution < 1.29 is 40.6 Å². The molecule has 278 valence electrons. The molecule has 5 aliphatic heterocycles. The maximum absolute atomic E-state index is 14.8. The Bertz CT molecular complexity index is 1730. The van der Waals surface area contributed by atoms with Gasteiger partial charge in [-0.05, 0) is 56.8 Å². The zero-order valence-corrected chi connectivity index (χ0v) is 28.7. The molecule has 17 heteroatoms. The number of nitrogen functional groups attached to an aromatic ring is 1. The van der Waals surface area contributed by atoms with Gasteiger partial charge < -0.3 is 36.1 Å². The number of anilines is 1. The first-order valence-electron chi connectivity index (χ1n) is 16.8. The maximum Gasteiger partial charge on any atom is 0.419 e. The SMILES string of the molecule is CC(C1=NCCCN(C2=NC(OC[C@@]34CCCN3CC(=C(F)F)C4)NC3=C2CO[C@H](c2cc(N)cc(F)c2C(F)(F)F)C3)C1)=C(N)C(=O)N(C)C. The van der Waals surface area contributed by atoms with E-state index >= 15 is 0 Å². The average Bonchev–Trinajstić information content (AvgIpc) is 3.52. The number of amides is 1. The van der Waals surface area contributed by atoms with Crippen LogP contribution in [0.2, 0.25) is 0 Å². The molecule has 0 bridgehead atoms. The van der Waals surface area contributed by atoms with Gasteiger partial charge in [0.25, 0.3) is 12.0 Å². The van der Waals surface area contributed by atoms with Gasteiger partial charge in [0.15, 0.2) is 0 Å². The number of amidine groups is 1. The number of halogens is 6. The Balaban J connectivity index is 1.34. The molecular weight excluding hydrogens is 682 g/mol. The first-order valence-corrected chi connectivity index (χ1v) is 16.8. The lowest BCUT2D eigenvalue weighted by Crippen LogP contribution is -2.49. The highest BCUT2D eigenvalue weighted by Crippen LogP contribution is 2.45. The molecule has 3 atom stereocenters. The van der Waals surface area contributed by atoms with Crippen LogP contribution in [-0.4, -0.2) is 104 Å². The normalized spacial score (nSPS) is 26.1. The van der Waals surface area contributed by atoms with E-state index in [2.05, 4.69) is 5.32 Å². The van der Waals surface area contributed by atoms with Crippen molar-refractivity contribution in [1.29, 1.82) is 0 Å². The molecule has 1 unspecified atom stereocenters. The highest BCUT2D eigenvalue weighted by atomic mass is 19.4. The lowest BCUT2D eigenvalue weighted by molar-refractivity contribution is -0.142. The smallest absolute Gasteiger partial charge is 0.399 e. The molecule has 0 aromatic heterocycles. The van der Waals surface area contributed by atoms with Crippen LogP contribution in [0.25, 0.3) is 0 Å². The Labute approximate surface area is 291 Å². The number of ether oxygens (including phenoxy) is 2. The van der Waals surface area contributed by atoms with Crippen molar-refractivity contribution in [3.8, 4) is 0 Å². The zero-order valence-electron chi connectivity index (χ0n) is 28.7. The number of carbonyl (C=O) groups excluding carboxylic acids is 1. The summed E-state index contributed by atoms with van der Waals surface area (Å²) in [6, 6.07) is 1.70. The van der Waals surface area contributed by atoms with E-state index < -0.39 is 47.2 Å². The second-order valence-corrected chi connectivity index (χ2v) is 13.8. The van der Waals surface area contributed by atoms with Crippen molar-refractivity contribution in [3.63, 3.8) is 0 Å². The molecule has 6 rings (SSSR count). The van der Waals surface area contributed by atoms with Gasteiger partial charge in [-0.25, -0.2) is 9.38 Å². The number of aliphatic imine (C=N–C) groups is 2. The summed E-state index contributed by atoms with van der Waals surface area (Å²) in [5.74, 6) is -1.42. The summed E-state index contributed by atoms with van der Waals surface area (Å²) in [5.41, 5.74) is 11.6. The van der Waals surface area contributed by atoms with E-state index in [1.54, 1.807) is 21.0 Å². The van der Waals surface area contributed by atoms with Gasteiger partial charge in [-0.2, -0.15) is 22.0 Å². The van der Waals surface area contributed by atoms with Crippen molar-refractivity contribution in [2.75, 3.05) is 65.8 Å². The minimum Gasteiger partial charge on any atom is -0.399 e. The van der Waals surface area contributed by atoms with Crippen LogP contribution >= 0.6 is 0 Å². The third kappa shape index (κ3) is 7.33. The largest absolute Gasteiger partial charge is 0.419 e. The number of alkyl halides is 3. The van der Waals surface area contributed by atoms with Gasteiger partial charge >= 0.3 is 6.18 Å². The first kappa shape index (κ1) is 36.7. The highest BCUT2D eigenvalue weighted by Gasteiger charge is 2.48. The van der Waals surface area contributed by atoms with Gasteiger partial charge in [0.2, 0.25) is 6.35 Å². The van der Waals surface area contributed by atoms with Gasteiger partial charge in [0.05, 0.1) is 37.1 Å². The molecule has 0 radical (unpaired) electrons. The monoisotopic (exact) mass is 724 g/mol. The summed E-state index contributed by atoms with van der Waals surface area (Å²) >= 11 is 0. The van der Waals surface area contributed by atoms with Crippen molar-refractivity contribution in [2.24, 2.45) is 15.7 Å². The Morgan fingerprint density at radius 3 is 2.67 bits per heavy atom. The molecule has 11 nitrogen and oxygen atoms in total. The Morgan fingerprint density at radius 1 is 1.20 bits per heavy atom. The molecule has 5 aliphatic rings. The van der Waals surface area contributed by atoms with Crippen molar-refractivity contribution >= 4 is 23.1 Å². The van der Waals surface area contributed by atoms with Crippen LogP contribution in [0.5, 0.6) is 0 Å². The van der Waals surface area contributed by atoms with Crippen LogP contribution in [0.15, 0.2) is 56.3 Å². The second kappa shape index (κ2) is 14.1. The van der Waals surface area contributed by atoms with Gasteiger partial charge in [0.1, 0.15) is 17.3 Å². The fraction of sp³-hybridized carbons (Fsp3) is 0.559. The standard InChI is InChI=1S/C34H42F6N8O3/c1-18(28(42)31(49)46(2)3)25-15-47(8-5-7-43-25)30-22-16-50-26(21-10-20(41)11-23(35)27(21)34(38,39)40)12-24(22)44-32(45-30)51-17-33-6-4-9-48(33)14-19(13-33)29(36)37/h10-11,26,32,44H,4-9,12-17,41-42H2,1-3H3/t26-,32?,33-/m0/s1. The summed E-state index contributed by atoms with van der Waals surface area (Å²) in [5, 5.41) is 3.21. The quantitative estimate of drug-likeness (QED) is 0.225. The molecule has 1 aromatic rings. The molecule has 0 aliphatic carbocycles. The number of benzene rings is 1. The van der Waals surface area contributed by atoms with Gasteiger partial charge in [-0.15, -0.1) is 0 Å². The number of nitrogens with two attached hydrogens (primary N) is 2. The van der Waals surface area contributed by atoms with Crippen LogP contribution in [0.4, 0.5) is 32.0 Å². The Kier molecular flexibility index (Phi) is 10.2. The van der Waals surface area contributed by atoms with Crippen molar-refractivity contribution in [2.45, 2.75) is 63.2 Å². The third-order valence-corrected chi connectivity index (χ3v) is 10.2. The first-order chi connectivity index (χ1) is 24.1. The molecule has 2 saturated heterocycles. The van der Waals surface area contributed by atoms with Crippen LogP contribution in [0.3, 0.4) is 0 Å². The predicted octanol–water partition coefficient (Wildman–Crippen LogP) is 4.30. The van der Waals surface area contributed by atoms with Gasteiger partial charge in [-0.3, -0.25) is 14.7 Å². The highest BCUT2D eigenvalue weighted by molar-refractivity contribution is 6.10. The minimum atomic E-state index is -5.01. The minimum absolute atomic E-state index is 0.0442. The Hall–Kier alpha value is -4.09. The molecule has 5 N–H and O–H groups in total. The van der Waals surface area contributed by atoms with E-state index in [1.165, 1.54) is 4.90 Å². The average molecular weight is 725 g/mol. The summed E-state index contributed by atoms with van der Waals surface area (Å²) < 4.78 is 96.7. The lowest BCUT2D eigenvalue weighted by atomic mass is 9.93. The van der Waals surface area contributed by atoms with Crippen LogP contribution in [0, 0.1) is 5.82 Å². The summed E-state index contributed by atoms with van der Waals surface area (Å²) in [6.45, 7) is 3.57. The van der Waals surface area contributed by atoms with Crippen molar-refractivity contribution in [3.05, 3.63) is 63.3 Å². The number of hydrogen-bond acceptors (Lipinski definition) is 10. The van der Waals surface area contributed by atoms with Crippen LogP contribution in [0.1, 0.15) is 56.3 Å². The topological polar surface area (TPSA) is 134 Å². The summed E-state index contributed by atoms with van der Waals surface area (Å²) in [4.78, 5) is 27.6. The number of carbonyl (C=O) groups is 1. The number of likely N-dealkylation sites (N-methyl/N-ethyl adjacent to an activating group) is 1. The fourth-order valence-electron chi connectivity index (χ4n) is 7.57. The molecule has 5 heterocycles. The van der Waals surface area contributed by atoms with E-state index in [4.69, 9.17) is 30.9 Å². The van der Waals surface area contributed by atoms with Crippen LogP contribution in [-0.2, 0) is 20.4 Å². The zero-order chi connectivity index (χ0) is 36.8. The van der Waals surface area contributed by atoms with E-state index in [-0.39, 0.29) is 62.0 Å². The lowest BCUT2D eigenvalue weighted by Gasteiger charge is -2.39. The maximum atomic E-state index is 14.8. The predicted molar refractivity (Wildman–Crippen MR) is 178 cm³/mol. The summed E-state index contributed by atoms with van der Waals surface area (Å²) in [7, 11) is 3.18. The van der Waals surface area contributed by atoms with Crippen molar-refractivity contribution in [1.82, 2.24) is 20.0 Å². The van der Waals surface area contributed by atoms with E-state index in [1.807, 2.05) is 9.80 Å². The van der Waals surface area contributed by atoms with E-state index in [0.717, 1.165) is 12.5 Å². The molecule has 1 aromatic carbocycles. The molecule has 51 heavy (non-hydrogen) atoms. The van der Waals surface area contributed by atoms with Gasteiger partial charge in [-0.1, -0.05) is 0 Å². The van der Waals surface area contributed by atoms with E-state index in [0.29, 0.717) is 66.9 Å². The molecule has 1 amide bonds. The Morgan fingerprint density at radius 2 is 1.96 bits per heavy atom. The number of nitrogens with zero attached hydrogens (tertiary/aromatic N) is 5. The summed E-state index contributed by atoms with van der Waals surface area (Å²) in [6.07, 6.45) is -6.80. The molecule has 2 fully saturated rings. The number of hydrogen-bond donors (Lipinski definition) is 3.